The van der Waals surface area contributed by atoms with Gasteiger partial charge in [0.1, 0.15) is 12.2 Å². The number of thioether (sulfide) groups is 1. The number of fused-ring (bicyclic) bond motifs is 2. The number of nitrogens with zero attached hydrogens (tertiary/aromatic N) is 5. The fourth-order valence-electron chi connectivity index (χ4n) is 3.64. The number of halogens is 1. The van der Waals surface area contributed by atoms with E-state index in [4.69, 9.17) is 25.8 Å². The van der Waals surface area contributed by atoms with Crippen LogP contribution in [0.5, 0.6) is 0 Å². The van der Waals surface area contributed by atoms with E-state index in [-0.39, 0.29) is 24.4 Å². The van der Waals surface area contributed by atoms with Crippen molar-refractivity contribution in [2.24, 2.45) is 0 Å². The van der Waals surface area contributed by atoms with E-state index < -0.39 is 5.79 Å². The van der Waals surface area contributed by atoms with Gasteiger partial charge in [0.25, 0.3) is 0 Å². The Morgan fingerprint density at radius 1 is 1.31 bits per heavy atom. The van der Waals surface area contributed by atoms with Crippen LogP contribution in [0.15, 0.2) is 5.16 Å². The molecule has 2 fully saturated rings. The lowest BCUT2D eigenvalue weighted by molar-refractivity contribution is -0.168. The number of ether oxygens (including phenoxy) is 3. The van der Waals surface area contributed by atoms with Gasteiger partial charge in [-0.15, -0.1) is 5.10 Å². The highest BCUT2D eigenvalue weighted by Gasteiger charge is 2.55. The second-order valence-corrected chi connectivity index (χ2v) is 8.41. The highest BCUT2D eigenvalue weighted by molar-refractivity contribution is 7.99. The molecule has 142 valence electrons. The molecule has 2 aromatic heterocycles. The van der Waals surface area contributed by atoms with Gasteiger partial charge in [0.05, 0.1) is 12.1 Å². The van der Waals surface area contributed by atoms with Crippen molar-refractivity contribution in [3.8, 4) is 0 Å². The van der Waals surface area contributed by atoms with Crippen LogP contribution in [0.2, 0.25) is 5.15 Å². The van der Waals surface area contributed by atoms with E-state index in [1.807, 2.05) is 13.8 Å². The summed E-state index contributed by atoms with van der Waals surface area (Å²) in [6.07, 6.45) is 1.34. The summed E-state index contributed by atoms with van der Waals surface area (Å²) in [5.41, 5.74) is 1.13. The molecule has 1 aliphatic carbocycles. The van der Waals surface area contributed by atoms with Crippen LogP contribution in [-0.4, -0.2) is 61.9 Å². The Balaban J connectivity index is 1.73. The van der Waals surface area contributed by atoms with Crippen LogP contribution in [-0.2, 0) is 14.2 Å². The molecule has 0 N–H and O–H groups in total. The molecule has 0 spiro atoms. The van der Waals surface area contributed by atoms with Gasteiger partial charge >= 0.3 is 0 Å². The zero-order valence-electron chi connectivity index (χ0n) is 15.2. The summed E-state index contributed by atoms with van der Waals surface area (Å²) in [6, 6.07) is -0.0910. The molecule has 3 heterocycles. The Hall–Kier alpha value is -1.00. The van der Waals surface area contributed by atoms with Gasteiger partial charge in [-0.3, -0.25) is 0 Å². The summed E-state index contributed by atoms with van der Waals surface area (Å²) in [5, 5.41) is 9.47. The molecule has 0 aromatic carbocycles. The maximum absolute atomic E-state index is 6.31. The molecule has 1 saturated carbocycles. The van der Waals surface area contributed by atoms with E-state index in [0.29, 0.717) is 27.9 Å². The molecule has 10 heteroatoms. The largest absolute Gasteiger partial charge is 0.379 e. The summed E-state index contributed by atoms with van der Waals surface area (Å²) in [6.45, 7) is 5.93. The SMILES string of the molecule is CCCSc1nc(Cl)c2nnn(C3CC(OC)C4OC(C)(C)OC43)c2n1. The maximum Gasteiger partial charge on any atom is 0.191 e. The first kappa shape index (κ1) is 18.4. The van der Waals surface area contributed by atoms with E-state index in [0.717, 1.165) is 12.2 Å². The van der Waals surface area contributed by atoms with Gasteiger partial charge in [-0.2, -0.15) is 0 Å². The van der Waals surface area contributed by atoms with Crippen molar-refractivity contribution in [1.29, 1.82) is 0 Å². The van der Waals surface area contributed by atoms with Gasteiger partial charge in [0.15, 0.2) is 27.3 Å². The highest BCUT2D eigenvalue weighted by Crippen LogP contribution is 2.45. The van der Waals surface area contributed by atoms with Crippen molar-refractivity contribution in [3.05, 3.63) is 5.15 Å². The van der Waals surface area contributed by atoms with Crippen molar-refractivity contribution < 1.29 is 14.2 Å². The lowest BCUT2D eigenvalue weighted by atomic mass is 10.2. The molecular formula is C16H22ClN5O3S. The van der Waals surface area contributed by atoms with E-state index in [1.54, 1.807) is 23.6 Å². The summed E-state index contributed by atoms with van der Waals surface area (Å²) in [7, 11) is 1.69. The first-order valence-electron chi connectivity index (χ1n) is 8.73. The van der Waals surface area contributed by atoms with Crippen molar-refractivity contribution in [2.45, 2.75) is 68.9 Å². The molecule has 0 bridgehead atoms. The monoisotopic (exact) mass is 399 g/mol. The Morgan fingerprint density at radius 2 is 2.08 bits per heavy atom. The number of hydrogen-bond acceptors (Lipinski definition) is 8. The summed E-state index contributed by atoms with van der Waals surface area (Å²) < 4.78 is 19.6. The molecule has 2 aliphatic rings. The third kappa shape index (κ3) is 3.09. The highest BCUT2D eigenvalue weighted by atomic mass is 35.5. The van der Waals surface area contributed by atoms with Gasteiger partial charge in [0.2, 0.25) is 0 Å². The van der Waals surface area contributed by atoms with Gasteiger partial charge in [-0.05, 0) is 20.3 Å². The van der Waals surface area contributed by atoms with Crippen LogP contribution in [0.3, 0.4) is 0 Å². The van der Waals surface area contributed by atoms with Crippen molar-refractivity contribution in [3.63, 3.8) is 0 Å². The minimum atomic E-state index is -0.657. The van der Waals surface area contributed by atoms with Gasteiger partial charge < -0.3 is 14.2 Å². The van der Waals surface area contributed by atoms with E-state index >= 15 is 0 Å². The predicted molar refractivity (Wildman–Crippen MR) is 97.4 cm³/mol. The standard InChI is InChI=1S/C16H22ClN5O3S/c1-5-6-26-15-18-13(17)10-14(19-15)22(21-20-10)8-7-9(23-4)12-11(8)24-16(2,3)25-12/h8-9,11-12H,5-7H2,1-4H3. The lowest BCUT2D eigenvalue weighted by Crippen LogP contribution is -2.30. The third-order valence-electron chi connectivity index (χ3n) is 4.70. The second-order valence-electron chi connectivity index (χ2n) is 6.99. The predicted octanol–water partition coefficient (Wildman–Crippen LogP) is 2.86. The Kier molecular flexibility index (Phi) is 4.85. The van der Waals surface area contributed by atoms with Crippen molar-refractivity contribution >= 4 is 34.5 Å². The van der Waals surface area contributed by atoms with Crippen LogP contribution in [0.1, 0.15) is 39.7 Å². The minimum absolute atomic E-state index is 0.0720. The molecule has 2 aromatic rings. The molecule has 0 amide bonds. The molecule has 4 unspecified atom stereocenters. The van der Waals surface area contributed by atoms with Crippen LogP contribution in [0.25, 0.3) is 11.2 Å². The minimum Gasteiger partial charge on any atom is -0.379 e. The molecule has 1 saturated heterocycles. The first-order chi connectivity index (χ1) is 12.4. The fourth-order valence-corrected chi connectivity index (χ4v) is 4.58. The van der Waals surface area contributed by atoms with Crippen LogP contribution >= 0.6 is 23.4 Å². The smallest absolute Gasteiger partial charge is 0.191 e. The molecule has 4 rings (SSSR count). The number of aromatic nitrogens is 5. The van der Waals surface area contributed by atoms with Gasteiger partial charge in [-0.1, -0.05) is 35.5 Å². The quantitative estimate of drug-likeness (QED) is 0.431. The normalized spacial score (nSPS) is 30.2. The average Bonchev–Trinajstić information content (AvgIpc) is 3.23. The summed E-state index contributed by atoms with van der Waals surface area (Å²) in [5.74, 6) is 0.268. The van der Waals surface area contributed by atoms with Crippen LogP contribution < -0.4 is 0 Å². The van der Waals surface area contributed by atoms with E-state index in [1.165, 1.54) is 0 Å². The molecular weight excluding hydrogens is 378 g/mol. The maximum atomic E-state index is 6.31. The first-order valence-corrected chi connectivity index (χ1v) is 10.1. The Labute approximate surface area is 160 Å². The van der Waals surface area contributed by atoms with Gasteiger partial charge in [0, 0.05) is 19.3 Å². The van der Waals surface area contributed by atoms with Crippen molar-refractivity contribution in [2.75, 3.05) is 12.9 Å². The zero-order valence-corrected chi connectivity index (χ0v) is 16.8. The molecule has 8 nitrogen and oxygen atoms in total. The van der Waals surface area contributed by atoms with Crippen LogP contribution in [0, 0.1) is 0 Å². The number of rotatable bonds is 5. The molecule has 26 heavy (non-hydrogen) atoms. The fraction of sp³-hybridized carbons (Fsp3) is 0.750. The summed E-state index contributed by atoms with van der Waals surface area (Å²) >= 11 is 7.88. The van der Waals surface area contributed by atoms with Gasteiger partial charge in [-0.25, -0.2) is 14.6 Å². The Bertz CT molecular complexity index is 817. The van der Waals surface area contributed by atoms with E-state index in [2.05, 4.69) is 27.2 Å². The van der Waals surface area contributed by atoms with Crippen molar-refractivity contribution in [1.82, 2.24) is 25.0 Å². The topological polar surface area (TPSA) is 84.2 Å². The lowest BCUT2D eigenvalue weighted by Gasteiger charge is -2.23. The number of hydrogen-bond donors (Lipinski definition) is 0. The van der Waals surface area contributed by atoms with E-state index in [9.17, 15) is 0 Å². The summed E-state index contributed by atoms with van der Waals surface area (Å²) in [4.78, 5) is 8.97. The average molecular weight is 400 g/mol. The molecule has 0 radical (unpaired) electrons. The zero-order chi connectivity index (χ0) is 18.5. The Morgan fingerprint density at radius 3 is 2.81 bits per heavy atom. The molecule has 1 aliphatic heterocycles. The second kappa shape index (κ2) is 6.87. The number of methoxy groups -OCH3 is 1. The third-order valence-corrected chi connectivity index (χ3v) is 6.01. The van der Waals surface area contributed by atoms with Crippen LogP contribution in [0.4, 0.5) is 0 Å². The molecule has 4 atom stereocenters.